The van der Waals surface area contributed by atoms with E-state index < -0.39 is 6.09 Å². The van der Waals surface area contributed by atoms with Crippen LogP contribution < -0.4 is 5.32 Å². The molecule has 0 radical (unpaired) electrons. The lowest BCUT2D eigenvalue weighted by Crippen LogP contribution is -2.58. The first-order valence-electron chi connectivity index (χ1n) is 5.01. The van der Waals surface area contributed by atoms with Gasteiger partial charge in [0, 0.05) is 19.6 Å². The van der Waals surface area contributed by atoms with Crippen molar-refractivity contribution in [3.63, 3.8) is 0 Å². The van der Waals surface area contributed by atoms with Crippen molar-refractivity contribution in [2.45, 2.75) is 12.6 Å². The molecular weight excluding hydrogens is 192 g/mol. The summed E-state index contributed by atoms with van der Waals surface area (Å²) in [5.41, 5.74) is 1.03. The lowest BCUT2D eigenvalue weighted by atomic mass is 10.1. The van der Waals surface area contributed by atoms with E-state index in [1.807, 2.05) is 30.3 Å². The maximum Gasteiger partial charge on any atom is 0.407 e. The van der Waals surface area contributed by atoms with Gasteiger partial charge in [0.15, 0.2) is 0 Å². The zero-order chi connectivity index (χ0) is 10.7. The number of hydrogen-bond acceptors (Lipinski definition) is 2. The van der Waals surface area contributed by atoms with E-state index in [0.29, 0.717) is 6.54 Å². The monoisotopic (exact) mass is 206 g/mol. The lowest BCUT2D eigenvalue weighted by Gasteiger charge is -2.36. The van der Waals surface area contributed by atoms with Crippen LogP contribution in [0.25, 0.3) is 0 Å². The Balaban J connectivity index is 2.03. The molecule has 1 fully saturated rings. The van der Waals surface area contributed by atoms with Crippen molar-refractivity contribution in [1.82, 2.24) is 10.2 Å². The highest BCUT2D eigenvalue weighted by atomic mass is 16.4. The Kier molecular flexibility index (Phi) is 2.87. The van der Waals surface area contributed by atoms with Gasteiger partial charge in [-0.25, -0.2) is 4.79 Å². The minimum atomic E-state index is -0.842. The Morgan fingerprint density at radius 3 is 2.53 bits per heavy atom. The molecule has 0 bridgehead atoms. The summed E-state index contributed by atoms with van der Waals surface area (Å²) in [5.74, 6) is 0. The van der Waals surface area contributed by atoms with Crippen molar-refractivity contribution in [1.29, 1.82) is 0 Å². The number of amides is 1. The van der Waals surface area contributed by atoms with E-state index in [1.54, 1.807) is 0 Å². The number of carboxylic acid groups (broad SMARTS) is 1. The van der Waals surface area contributed by atoms with Gasteiger partial charge in [-0.3, -0.25) is 4.90 Å². The average Bonchev–Trinajstić information content (AvgIpc) is 2.15. The van der Waals surface area contributed by atoms with Crippen molar-refractivity contribution in [2.24, 2.45) is 0 Å². The Bertz CT molecular complexity index is 336. The first kappa shape index (κ1) is 9.98. The molecule has 4 heteroatoms. The molecule has 0 atom stereocenters. The van der Waals surface area contributed by atoms with Crippen molar-refractivity contribution < 1.29 is 9.90 Å². The topological polar surface area (TPSA) is 52.6 Å². The van der Waals surface area contributed by atoms with Crippen LogP contribution in [0.3, 0.4) is 0 Å². The molecule has 0 aliphatic carbocycles. The molecule has 4 nitrogen and oxygen atoms in total. The highest BCUT2D eigenvalue weighted by Crippen LogP contribution is 2.11. The zero-order valence-corrected chi connectivity index (χ0v) is 8.39. The number of rotatable bonds is 3. The summed E-state index contributed by atoms with van der Waals surface area (Å²) in [6.07, 6.45) is -0.842. The highest BCUT2D eigenvalue weighted by Gasteiger charge is 2.28. The number of benzene rings is 1. The molecule has 0 unspecified atom stereocenters. The van der Waals surface area contributed by atoms with Crippen LogP contribution in [-0.4, -0.2) is 35.2 Å². The molecule has 1 aliphatic rings. The third-order valence-electron chi connectivity index (χ3n) is 2.64. The molecule has 1 saturated heterocycles. The minimum Gasteiger partial charge on any atom is -0.465 e. The van der Waals surface area contributed by atoms with Gasteiger partial charge in [-0.1, -0.05) is 30.3 Å². The molecule has 15 heavy (non-hydrogen) atoms. The number of nitrogens with one attached hydrogen (secondary N) is 1. The summed E-state index contributed by atoms with van der Waals surface area (Å²) in [4.78, 5) is 12.5. The number of hydrogen-bond donors (Lipinski definition) is 2. The molecule has 1 amide bonds. The van der Waals surface area contributed by atoms with Gasteiger partial charge in [0.25, 0.3) is 0 Å². The standard InChI is InChI=1S/C11H14N2O2/c14-11(15)13(10-6-12-7-10)8-9-4-2-1-3-5-9/h1-5,10,12H,6-8H2,(H,14,15). The molecule has 0 saturated carbocycles. The van der Waals surface area contributed by atoms with Crippen LogP contribution in [-0.2, 0) is 6.54 Å². The van der Waals surface area contributed by atoms with Crippen molar-refractivity contribution in [3.05, 3.63) is 35.9 Å². The molecule has 1 aliphatic heterocycles. The predicted molar refractivity (Wildman–Crippen MR) is 56.7 cm³/mol. The molecule has 1 aromatic carbocycles. The van der Waals surface area contributed by atoms with Crippen LogP contribution >= 0.6 is 0 Å². The quantitative estimate of drug-likeness (QED) is 0.779. The molecule has 80 valence electrons. The largest absolute Gasteiger partial charge is 0.465 e. The third kappa shape index (κ3) is 2.27. The summed E-state index contributed by atoms with van der Waals surface area (Å²) in [5, 5.41) is 12.1. The van der Waals surface area contributed by atoms with E-state index in [9.17, 15) is 4.79 Å². The van der Waals surface area contributed by atoms with Crippen LogP contribution in [0.2, 0.25) is 0 Å². The van der Waals surface area contributed by atoms with Gasteiger partial charge < -0.3 is 10.4 Å². The van der Waals surface area contributed by atoms with Crippen LogP contribution in [0.15, 0.2) is 30.3 Å². The van der Waals surface area contributed by atoms with Gasteiger partial charge in [-0.2, -0.15) is 0 Å². The summed E-state index contributed by atoms with van der Waals surface area (Å²) in [6, 6.07) is 9.80. The number of nitrogens with zero attached hydrogens (tertiary/aromatic N) is 1. The Hall–Kier alpha value is -1.55. The average molecular weight is 206 g/mol. The van der Waals surface area contributed by atoms with Gasteiger partial charge in [0.2, 0.25) is 0 Å². The summed E-state index contributed by atoms with van der Waals surface area (Å²) >= 11 is 0. The zero-order valence-electron chi connectivity index (χ0n) is 8.39. The van der Waals surface area contributed by atoms with Gasteiger partial charge in [-0.15, -0.1) is 0 Å². The minimum absolute atomic E-state index is 0.128. The lowest BCUT2D eigenvalue weighted by molar-refractivity contribution is 0.102. The fraction of sp³-hybridized carbons (Fsp3) is 0.364. The predicted octanol–water partition coefficient (Wildman–Crippen LogP) is 1.14. The molecule has 1 aromatic rings. The van der Waals surface area contributed by atoms with Crippen LogP contribution in [0, 0.1) is 0 Å². The first-order chi connectivity index (χ1) is 7.27. The van der Waals surface area contributed by atoms with E-state index in [2.05, 4.69) is 5.32 Å². The normalized spacial score (nSPS) is 15.7. The van der Waals surface area contributed by atoms with Gasteiger partial charge in [0.05, 0.1) is 6.04 Å². The van der Waals surface area contributed by atoms with Crippen molar-refractivity contribution in [2.75, 3.05) is 13.1 Å². The van der Waals surface area contributed by atoms with E-state index in [4.69, 9.17) is 5.11 Å². The van der Waals surface area contributed by atoms with E-state index in [0.717, 1.165) is 18.7 Å². The summed E-state index contributed by atoms with van der Waals surface area (Å²) in [7, 11) is 0. The maximum atomic E-state index is 11.0. The second-order valence-electron chi connectivity index (χ2n) is 3.71. The molecule has 2 rings (SSSR count). The second kappa shape index (κ2) is 4.31. The van der Waals surface area contributed by atoms with Crippen LogP contribution in [0.4, 0.5) is 4.79 Å². The Morgan fingerprint density at radius 1 is 1.40 bits per heavy atom. The van der Waals surface area contributed by atoms with Gasteiger partial charge in [0.1, 0.15) is 0 Å². The maximum absolute atomic E-state index is 11.0. The van der Waals surface area contributed by atoms with Crippen molar-refractivity contribution in [3.8, 4) is 0 Å². The van der Waals surface area contributed by atoms with E-state index in [1.165, 1.54) is 4.90 Å². The molecule has 1 heterocycles. The Labute approximate surface area is 88.5 Å². The SMILES string of the molecule is O=C(O)N(Cc1ccccc1)C1CNC1. The molecule has 0 spiro atoms. The second-order valence-corrected chi connectivity index (χ2v) is 3.71. The fourth-order valence-electron chi connectivity index (χ4n) is 1.63. The van der Waals surface area contributed by atoms with Crippen LogP contribution in [0.5, 0.6) is 0 Å². The smallest absolute Gasteiger partial charge is 0.407 e. The molecule has 0 aromatic heterocycles. The molecular formula is C11H14N2O2. The van der Waals surface area contributed by atoms with Crippen molar-refractivity contribution >= 4 is 6.09 Å². The van der Waals surface area contributed by atoms with Crippen LogP contribution in [0.1, 0.15) is 5.56 Å². The summed E-state index contributed by atoms with van der Waals surface area (Å²) in [6.45, 7) is 2.00. The van der Waals surface area contributed by atoms with Gasteiger partial charge >= 0.3 is 6.09 Å². The van der Waals surface area contributed by atoms with E-state index in [-0.39, 0.29) is 6.04 Å². The summed E-state index contributed by atoms with van der Waals surface area (Å²) < 4.78 is 0. The third-order valence-corrected chi connectivity index (χ3v) is 2.64. The molecule has 2 N–H and O–H groups in total. The fourth-order valence-corrected chi connectivity index (χ4v) is 1.63. The highest BCUT2D eigenvalue weighted by molar-refractivity contribution is 5.65. The van der Waals surface area contributed by atoms with Gasteiger partial charge in [-0.05, 0) is 5.56 Å². The number of carbonyl (C=O) groups is 1. The first-order valence-corrected chi connectivity index (χ1v) is 5.01. The Morgan fingerprint density at radius 2 is 2.07 bits per heavy atom. The van der Waals surface area contributed by atoms with E-state index >= 15 is 0 Å².